The highest BCUT2D eigenvalue weighted by Crippen LogP contribution is 2.56. The summed E-state index contributed by atoms with van der Waals surface area (Å²) >= 11 is 4.19. The lowest BCUT2D eigenvalue weighted by atomic mass is 9.99. The van der Waals surface area contributed by atoms with Gasteiger partial charge in [-0.15, -0.1) is 23.5 Å². The van der Waals surface area contributed by atoms with Crippen molar-refractivity contribution in [1.29, 1.82) is 0 Å². The predicted molar refractivity (Wildman–Crippen MR) is 79.2 cm³/mol. The van der Waals surface area contributed by atoms with Crippen LogP contribution in [0.4, 0.5) is 0 Å². The number of aryl methyl sites for hydroxylation is 1. The average molecular weight is 268 g/mol. The first-order chi connectivity index (χ1) is 8.10. The van der Waals surface area contributed by atoms with Crippen LogP contribution in [0.3, 0.4) is 0 Å². The monoisotopic (exact) mass is 268 g/mol. The molecule has 1 aliphatic heterocycles. The maximum atomic E-state index is 5.34. The molecule has 0 N–H and O–H groups in total. The van der Waals surface area contributed by atoms with Crippen molar-refractivity contribution in [1.82, 2.24) is 0 Å². The molecule has 0 aromatic heterocycles. The standard InChI is InChI=1S/C14H20OS2/c1-10(2)14(16-7-8-17-14)12-5-6-13(15-4)11(3)9-12/h5-6,9-10H,7-8H2,1-4H3. The maximum absolute atomic E-state index is 5.34. The third-order valence-electron chi connectivity index (χ3n) is 3.27. The summed E-state index contributed by atoms with van der Waals surface area (Å²) in [6.45, 7) is 6.77. The van der Waals surface area contributed by atoms with E-state index in [1.807, 2.05) is 0 Å². The van der Waals surface area contributed by atoms with Crippen molar-refractivity contribution in [3.05, 3.63) is 29.3 Å². The van der Waals surface area contributed by atoms with Crippen LogP contribution < -0.4 is 4.74 Å². The van der Waals surface area contributed by atoms with Crippen molar-refractivity contribution in [3.63, 3.8) is 0 Å². The Labute approximate surface area is 113 Å². The van der Waals surface area contributed by atoms with Gasteiger partial charge in [0.15, 0.2) is 0 Å². The number of thioether (sulfide) groups is 2. The second-order valence-corrected chi connectivity index (χ2v) is 7.64. The average Bonchev–Trinajstić information content (AvgIpc) is 2.79. The lowest BCUT2D eigenvalue weighted by Gasteiger charge is -2.32. The number of rotatable bonds is 3. The second kappa shape index (κ2) is 5.15. The fourth-order valence-corrected chi connectivity index (χ4v) is 5.72. The highest BCUT2D eigenvalue weighted by atomic mass is 32.2. The van der Waals surface area contributed by atoms with E-state index in [1.54, 1.807) is 7.11 Å². The van der Waals surface area contributed by atoms with Crippen molar-refractivity contribution in [2.24, 2.45) is 5.92 Å². The molecule has 0 aliphatic carbocycles. The third-order valence-corrected chi connectivity index (χ3v) is 7.33. The molecule has 94 valence electrons. The summed E-state index contributed by atoms with van der Waals surface area (Å²) in [5.74, 6) is 4.15. The van der Waals surface area contributed by atoms with Gasteiger partial charge in [-0.3, -0.25) is 0 Å². The molecule has 1 aromatic rings. The van der Waals surface area contributed by atoms with E-state index in [9.17, 15) is 0 Å². The van der Waals surface area contributed by atoms with Gasteiger partial charge in [0.1, 0.15) is 5.75 Å². The van der Waals surface area contributed by atoms with Crippen LogP contribution >= 0.6 is 23.5 Å². The quantitative estimate of drug-likeness (QED) is 0.809. The van der Waals surface area contributed by atoms with Crippen LogP contribution in [0.25, 0.3) is 0 Å². The molecule has 1 nitrogen and oxygen atoms in total. The smallest absolute Gasteiger partial charge is 0.121 e. The van der Waals surface area contributed by atoms with Crippen LogP contribution in [0.15, 0.2) is 18.2 Å². The largest absolute Gasteiger partial charge is 0.496 e. The molecular weight excluding hydrogens is 248 g/mol. The molecule has 1 aromatic carbocycles. The van der Waals surface area contributed by atoms with Gasteiger partial charge in [-0.2, -0.15) is 0 Å². The fourth-order valence-electron chi connectivity index (χ4n) is 2.36. The van der Waals surface area contributed by atoms with E-state index in [0.717, 1.165) is 5.75 Å². The van der Waals surface area contributed by atoms with E-state index >= 15 is 0 Å². The van der Waals surface area contributed by atoms with Gasteiger partial charge >= 0.3 is 0 Å². The molecule has 3 heteroatoms. The number of benzene rings is 1. The Bertz CT molecular complexity index is 395. The zero-order valence-corrected chi connectivity index (χ0v) is 12.6. The van der Waals surface area contributed by atoms with E-state index in [-0.39, 0.29) is 4.08 Å². The molecule has 17 heavy (non-hydrogen) atoms. The van der Waals surface area contributed by atoms with Crippen LogP contribution in [0.5, 0.6) is 5.75 Å². The highest BCUT2D eigenvalue weighted by molar-refractivity contribution is 8.20. The van der Waals surface area contributed by atoms with Gasteiger partial charge in [0.2, 0.25) is 0 Å². The first-order valence-corrected chi connectivity index (χ1v) is 8.00. The molecule has 0 spiro atoms. The molecule has 0 amide bonds. The van der Waals surface area contributed by atoms with Crippen LogP contribution in [-0.4, -0.2) is 18.6 Å². The van der Waals surface area contributed by atoms with Crippen LogP contribution in [0.1, 0.15) is 25.0 Å². The van der Waals surface area contributed by atoms with Gasteiger partial charge in [0.25, 0.3) is 0 Å². The molecule has 1 heterocycles. The fraction of sp³-hybridized carbons (Fsp3) is 0.571. The zero-order valence-electron chi connectivity index (χ0n) is 10.9. The second-order valence-electron chi connectivity index (χ2n) is 4.70. The Morgan fingerprint density at radius 2 is 1.88 bits per heavy atom. The Kier molecular flexibility index (Phi) is 3.99. The third kappa shape index (κ3) is 2.32. The summed E-state index contributed by atoms with van der Waals surface area (Å²) in [5.41, 5.74) is 2.68. The van der Waals surface area contributed by atoms with E-state index in [1.165, 1.54) is 22.6 Å². The summed E-state index contributed by atoms with van der Waals surface area (Å²) < 4.78 is 5.59. The van der Waals surface area contributed by atoms with Crippen molar-refractivity contribution in [3.8, 4) is 5.75 Å². The first kappa shape index (κ1) is 13.2. The molecular formula is C14H20OS2. The number of hydrogen-bond acceptors (Lipinski definition) is 3. The van der Waals surface area contributed by atoms with E-state index in [4.69, 9.17) is 4.74 Å². The number of ether oxygens (including phenoxy) is 1. The normalized spacial score (nSPS) is 18.6. The summed E-state index contributed by atoms with van der Waals surface area (Å²) in [6.07, 6.45) is 0. The Hall–Kier alpha value is -0.280. The maximum Gasteiger partial charge on any atom is 0.121 e. The minimum Gasteiger partial charge on any atom is -0.496 e. The van der Waals surface area contributed by atoms with Gasteiger partial charge in [0.05, 0.1) is 11.2 Å². The molecule has 0 radical (unpaired) electrons. The lowest BCUT2D eigenvalue weighted by molar-refractivity contribution is 0.411. The molecule has 1 saturated heterocycles. The summed E-state index contributed by atoms with van der Waals surface area (Å²) in [6, 6.07) is 6.63. The van der Waals surface area contributed by atoms with E-state index in [2.05, 4.69) is 62.5 Å². The summed E-state index contributed by atoms with van der Waals surface area (Å²) in [4.78, 5) is 0. The van der Waals surface area contributed by atoms with Crippen molar-refractivity contribution < 1.29 is 4.74 Å². The Morgan fingerprint density at radius 1 is 1.24 bits per heavy atom. The minimum absolute atomic E-state index is 0.247. The van der Waals surface area contributed by atoms with Gasteiger partial charge in [-0.25, -0.2) is 0 Å². The Balaban J connectivity index is 2.41. The summed E-state index contributed by atoms with van der Waals surface area (Å²) in [7, 11) is 1.74. The Morgan fingerprint density at radius 3 is 2.35 bits per heavy atom. The number of methoxy groups -OCH3 is 1. The van der Waals surface area contributed by atoms with Crippen LogP contribution in [-0.2, 0) is 4.08 Å². The van der Waals surface area contributed by atoms with E-state index < -0.39 is 0 Å². The topological polar surface area (TPSA) is 9.23 Å². The molecule has 2 rings (SSSR count). The van der Waals surface area contributed by atoms with E-state index in [0.29, 0.717) is 5.92 Å². The van der Waals surface area contributed by atoms with Crippen LogP contribution in [0, 0.1) is 12.8 Å². The molecule has 0 atom stereocenters. The van der Waals surface area contributed by atoms with Gasteiger partial charge < -0.3 is 4.74 Å². The van der Waals surface area contributed by atoms with Crippen molar-refractivity contribution in [2.75, 3.05) is 18.6 Å². The summed E-state index contributed by atoms with van der Waals surface area (Å²) in [5, 5.41) is 0. The zero-order chi connectivity index (χ0) is 12.5. The first-order valence-electron chi connectivity index (χ1n) is 6.03. The molecule has 0 bridgehead atoms. The van der Waals surface area contributed by atoms with Gasteiger partial charge in [0, 0.05) is 11.5 Å². The highest BCUT2D eigenvalue weighted by Gasteiger charge is 2.40. The van der Waals surface area contributed by atoms with Gasteiger partial charge in [-0.1, -0.05) is 26.0 Å². The molecule has 0 saturated carbocycles. The molecule has 1 aliphatic rings. The molecule has 1 fully saturated rings. The van der Waals surface area contributed by atoms with Crippen molar-refractivity contribution in [2.45, 2.75) is 24.9 Å². The molecule has 0 unspecified atom stereocenters. The van der Waals surface area contributed by atoms with Crippen molar-refractivity contribution >= 4 is 23.5 Å². The van der Waals surface area contributed by atoms with Crippen LogP contribution in [0.2, 0.25) is 0 Å². The van der Waals surface area contributed by atoms with Gasteiger partial charge in [-0.05, 0) is 30.0 Å². The minimum atomic E-state index is 0.247. The SMILES string of the molecule is COc1ccc(C2(C(C)C)SCCS2)cc1C. The number of hydrogen-bond donors (Lipinski definition) is 0. The lowest BCUT2D eigenvalue weighted by Crippen LogP contribution is -2.22. The predicted octanol–water partition coefficient (Wildman–Crippen LogP) is 4.29.